The molecule has 16 heteroatoms. The van der Waals surface area contributed by atoms with Crippen molar-refractivity contribution in [2.24, 2.45) is 0 Å². The Hall–Kier alpha value is -6.31. The first-order valence-corrected chi connectivity index (χ1v) is 16.6. The van der Waals surface area contributed by atoms with E-state index in [1.54, 1.807) is 6.07 Å². The van der Waals surface area contributed by atoms with E-state index in [9.17, 15) is 28.8 Å². The Morgan fingerprint density at radius 2 is 0.964 bits per heavy atom. The first-order chi connectivity index (χ1) is 26.4. The number of esters is 4. The maximum atomic E-state index is 12.3. The Balaban J connectivity index is 0.000000544. The number of methoxy groups -OCH3 is 1. The van der Waals surface area contributed by atoms with Gasteiger partial charge in [0.15, 0.2) is 0 Å². The molecule has 0 aromatic heterocycles. The van der Waals surface area contributed by atoms with Crippen molar-refractivity contribution in [3.8, 4) is 17.2 Å². The predicted molar refractivity (Wildman–Crippen MR) is 201 cm³/mol. The molecule has 0 N–H and O–H groups in total. The molecule has 0 amide bonds. The third-order valence-electron chi connectivity index (χ3n) is 6.64. The fourth-order valence-electron chi connectivity index (χ4n) is 3.94. The maximum Gasteiger partial charge on any atom is 0.513 e. The summed E-state index contributed by atoms with van der Waals surface area (Å²) >= 11 is 0. The molecule has 3 aromatic rings. The number of ether oxygens (including phenoxy) is 8. The van der Waals surface area contributed by atoms with E-state index in [0.29, 0.717) is 42.6 Å². The van der Waals surface area contributed by atoms with E-state index in [1.807, 2.05) is 26.0 Å². The van der Waals surface area contributed by atoms with Gasteiger partial charge in [-0.1, -0.05) is 30.9 Å². The minimum atomic E-state index is -0.858. The number of hydrogen-bond donors (Lipinski definition) is 0. The van der Waals surface area contributed by atoms with Gasteiger partial charge in [-0.15, -0.1) is 0 Å². The van der Waals surface area contributed by atoms with Gasteiger partial charge in [0.1, 0.15) is 17.2 Å². The zero-order valence-corrected chi connectivity index (χ0v) is 30.9. The van der Waals surface area contributed by atoms with Gasteiger partial charge in [0.05, 0.1) is 44.7 Å². The average molecular weight is 756 g/mol. The van der Waals surface area contributed by atoms with Crippen LogP contribution in [-0.4, -0.2) is 85.2 Å². The predicted octanol–water partition coefficient (Wildman–Crippen LogP) is 6.28. The lowest BCUT2D eigenvalue weighted by Crippen LogP contribution is -2.13. The molecule has 4 radical (unpaired) electrons. The molecule has 0 unspecified atom stereocenters. The summed E-state index contributed by atoms with van der Waals surface area (Å²) in [6, 6.07) is 17.4. The molecule has 0 heterocycles. The van der Waals surface area contributed by atoms with Crippen molar-refractivity contribution in [2.75, 3.05) is 33.5 Å². The van der Waals surface area contributed by atoms with Crippen LogP contribution in [0.5, 0.6) is 17.2 Å². The van der Waals surface area contributed by atoms with Gasteiger partial charge in [0, 0.05) is 27.6 Å². The van der Waals surface area contributed by atoms with Crippen LogP contribution in [0.25, 0.3) is 0 Å². The highest BCUT2D eigenvalue weighted by molar-refractivity contribution is 6.75. The third-order valence-corrected chi connectivity index (χ3v) is 6.64. The molecule has 3 rings (SSSR count). The van der Waals surface area contributed by atoms with Crippen LogP contribution in [0, 0.1) is 13.8 Å². The van der Waals surface area contributed by atoms with Crippen molar-refractivity contribution >= 4 is 51.7 Å². The highest BCUT2D eigenvalue weighted by Gasteiger charge is 2.13. The van der Waals surface area contributed by atoms with Gasteiger partial charge in [-0.05, 0) is 99.7 Å². The number of rotatable bonds is 17. The van der Waals surface area contributed by atoms with Gasteiger partial charge in [0.25, 0.3) is 0 Å². The normalized spacial score (nSPS) is 9.58. The second-order valence-electron chi connectivity index (χ2n) is 10.8. The molecule has 3 aromatic carbocycles. The molecule has 0 atom stereocenters. The van der Waals surface area contributed by atoms with Gasteiger partial charge in [-0.3, -0.25) is 0 Å². The Labute approximate surface area is 322 Å². The van der Waals surface area contributed by atoms with Crippen LogP contribution in [0.2, 0.25) is 0 Å². The molecule has 288 valence electrons. The standard InChI is InChI=1S/C23H24O7.C16H18O7.B2/c1-4-21(24)27-13-5-6-14-28-23(26)29-19-10-8-18(9-11-19)22(25)30-20-12-7-16(2)15-17(20)3;1-3-14(17)21-10-4-5-11-22-16(19)23-13-8-6-12(7-9-13)15(18)20-2;1-2/h4,7-12,15H,1,5-6,13-14H2,2-3H3;3,6-9H,1,4-5,10-11H2,2H3;. The van der Waals surface area contributed by atoms with Crippen molar-refractivity contribution in [1.29, 1.82) is 0 Å². The fraction of sp³-hybridized carbons (Fsp3) is 0.282. The van der Waals surface area contributed by atoms with Crippen LogP contribution in [-0.2, 0) is 33.3 Å². The molecule has 0 aliphatic carbocycles. The summed E-state index contributed by atoms with van der Waals surface area (Å²) in [5.41, 5.74) is 2.62. The highest BCUT2D eigenvalue weighted by Crippen LogP contribution is 2.21. The van der Waals surface area contributed by atoms with Gasteiger partial charge < -0.3 is 37.9 Å². The van der Waals surface area contributed by atoms with Crippen LogP contribution in [0.3, 0.4) is 0 Å². The summed E-state index contributed by atoms with van der Waals surface area (Å²) in [5, 5.41) is 0. The van der Waals surface area contributed by atoms with E-state index >= 15 is 0 Å². The van der Waals surface area contributed by atoms with E-state index < -0.39 is 36.2 Å². The van der Waals surface area contributed by atoms with E-state index in [-0.39, 0.29) is 37.9 Å². The highest BCUT2D eigenvalue weighted by atomic mass is 16.7. The fourth-order valence-corrected chi connectivity index (χ4v) is 3.94. The van der Waals surface area contributed by atoms with Crippen molar-refractivity contribution < 1.29 is 66.7 Å². The van der Waals surface area contributed by atoms with E-state index in [1.165, 1.54) is 55.6 Å². The molecular formula is C39H42B2O14. The van der Waals surface area contributed by atoms with Crippen molar-refractivity contribution in [3.05, 3.63) is 114 Å². The molecule has 0 aliphatic rings. The number of carbonyl (C=O) groups excluding carboxylic acids is 6. The molecule has 0 bridgehead atoms. The van der Waals surface area contributed by atoms with Crippen LogP contribution < -0.4 is 14.2 Å². The average Bonchev–Trinajstić information content (AvgIpc) is 3.19. The monoisotopic (exact) mass is 756 g/mol. The quantitative estimate of drug-likeness (QED) is 0.0286. The molecule has 55 heavy (non-hydrogen) atoms. The zero-order valence-electron chi connectivity index (χ0n) is 30.9. The first-order valence-electron chi connectivity index (χ1n) is 16.6. The summed E-state index contributed by atoms with van der Waals surface area (Å²) in [4.78, 5) is 68.3. The summed E-state index contributed by atoms with van der Waals surface area (Å²) in [7, 11) is 9.28. The molecule has 14 nitrogen and oxygen atoms in total. The van der Waals surface area contributed by atoms with Crippen LogP contribution in [0.1, 0.15) is 57.5 Å². The van der Waals surface area contributed by atoms with E-state index in [4.69, 9.17) is 33.2 Å². The minimum absolute atomic E-state index is 0.130. The lowest BCUT2D eigenvalue weighted by molar-refractivity contribution is -0.138. The lowest BCUT2D eigenvalue weighted by Gasteiger charge is -2.09. The summed E-state index contributed by atoms with van der Waals surface area (Å²) in [6.45, 7) is 11.1. The minimum Gasteiger partial charge on any atom is -0.465 e. The second kappa shape index (κ2) is 27.3. The summed E-state index contributed by atoms with van der Waals surface area (Å²) in [6.07, 6.45) is 2.61. The van der Waals surface area contributed by atoms with Crippen LogP contribution >= 0.6 is 0 Å². The molecule has 0 fully saturated rings. The van der Waals surface area contributed by atoms with E-state index in [2.05, 4.69) is 33.4 Å². The van der Waals surface area contributed by atoms with Gasteiger partial charge in [-0.2, -0.15) is 0 Å². The Morgan fingerprint density at radius 1 is 0.564 bits per heavy atom. The summed E-state index contributed by atoms with van der Waals surface area (Å²) < 4.78 is 39.3. The number of carbonyl (C=O) groups is 6. The third kappa shape index (κ3) is 19.9. The molecular weight excluding hydrogens is 714 g/mol. The van der Waals surface area contributed by atoms with Gasteiger partial charge >= 0.3 is 36.2 Å². The van der Waals surface area contributed by atoms with Gasteiger partial charge in [-0.25, -0.2) is 28.8 Å². The molecule has 0 saturated carbocycles. The smallest absolute Gasteiger partial charge is 0.465 e. The summed E-state index contributed by atoms with van der Waals surface area (Å²) in [5.74, 6) is -0.971. The van der Waals surface area contributed by atoms with Crippen molar-refractivity contribution in [2.45, 2.75) is 39.5 Å². The molecule has 0 saturated heterocycles. The molecule has 0 aliphatic heterocycles. The number of hydrogen-bond acceptors (Lipinski definition) is 14. The van der Waals surface area contributed by atoms with Crippen LogP contribution in [0.15, 0.2) is 92.0 Å². The number of unbranched alkanes of at least 4 members (excludes halogenated alkanes) is 2. The van der Waals surface area contributed by atoms with Crippen LogP contribution in [0.4, 0.5) is 9.59 Å². The number of aryl methyl sites for hydroxylation is 2. The first kappa shape index (κ1) is 46.7. The lowest BCUT2D eigenvalue weighted by atomic mass is 9.81. The largest absolute Gasteiger partial charge is 0.513 e. The van der Waals surface area contributed by atoms with Crippen molar-refractivity contribution in [1.82, 2.24) is 0 Å². The van der Waals surface area contributed by atoms with Gasteiger partial charge in [0.2, 0.25) is 0 Å². The Morgan fingerprint density at radius 3 is 1.35 bits per heavy atom. The maximum absolute atomic E-state index is 12.3. The Kier molecular flexibility index (Phi) is 23.2. The topological polar surface area (TPSA) is 176 Å². The zero-order chi connectivity index (χ0) is 41.0. The Bertz CT molecular complexity index is 1710. The van der Waals surface area contributed by atoms with Crippen molar-refractivity contribution in [3.63, 3.8) is 0 Å². The number of benzene rings is 3. The SMILES string of the molecule is C=CC(=O)OCCCCOC(=O)Oc1ccc(C(=O)OC)cc1.C=CC(=O)OCCCCOC(=O)Oc1ccc(C(=O)Oc2ccc(C)cc2C)cc1.[B][B]. The van der Waals surface area contributed by atoms with E-state index in [0.717, 1.165) is 23.3 Å². The second-order valence-corrected chi connectivity index (χ2v) is 10.8. The molecule has 0 spiro atoms.